The fraction of sp³-hybridized carbons (Fsp3) is 0.556. The molecule has 0 aliphatic carbocycles. The Hall–Kier alpha value is -2.08. The molecule has 1 atom stereocenters. The first-order valence-corrected chi connectivity index (χ1v) is 8.71. The molecule has 2 rings (SSSR count). The third-order valence-corrected chi connectivity index (χ3v) is 4.53. The van der Waals surface area contributed by atoms with Crippen molar-refractivity contribution in [3.8, 4) is 0 Å². The van der Waals surface area contributed by atoms with Crippen LogP contribution in [0.3, 0.4) is 0 Å². The Kier molecular flexibility index (Phi) is 7.06. The predicted octanol–water partition coefficient (Wildman–Crippen LogP) is 1.39. The van der Waals surface area contributed by atoms with Gasteiger partial charge >= 0.3 is 0 Å². The molecule has 0 radical (unpaired) electrons. The van der Waals surface area contributed by atoms with Crippen molar-refractivity contribution in [2.24, 2.45) is 5.92 Å². The lowest BCUT2D eigenvalue weighted by molar-refractivity contribution is -0.131. The third-order valence-electron chi connectivity index (χ3n) is 4.53. The minimum atomic E-state index is -0.142. The molecule has 1 fully saturated rings. The maximum Gasteiger partial charge on any atom is 0.241 e. The van der Waals surface area contributed by atoms with Crippen LogP contribution in [0.25, 0.3) is 0 Å². The zero-order valence-corrected chi connectivity index (χ0v) is 14.6. The SMILES string of the molecule is CCC(C)C(=O)NNC(=O)CCN1CCN(c2ccccc2)CC1. The molecular formula is C18H28N4O2. The summed E-state index contributed by atoms with van der Waals surface area (Å²) in [5, 5.41) is 0. The van der Waals surface area contributed by atoms with E-state index in [0.29, 0.717) is 13.0 Å². The van der Waals surface area contributed by atoms with Gasteiger partial charge in [0.05, 0.1) is 0 Å². The molecule has 1 aromatic carbocycles. The second-order valence-electron chi connectivity index (χ2n) is 6.26. The van der Waals surface area contributed by atoms with Gasteiger partial charge in [-0.1, -0.05) is 32.0 Å². The van der Waals surface area contributed by atoms with Crippen LogP contribution in [0.15, 0.2) is 30.3 Å². The Labute approximate surface area is 144 Å². The van der Waals surface area contributed by atoms with Gasteiger partial charge in [0.1, 0.15) is 0 Å². The molecule has 6 nitrogen and oxygen atoms in total. The Balaban J connectivity index is 1.64. The molecule has 1 aliphatic rings. The van der Waals surface area contributed by atoms with Gasteiger partial charge in [-0.25, -0.2) is 0 Å². The number of nitrogens with zero attached hydrogens (tertiary/aromatic N) is 2. The van der Waals surface area contributed by atoms with Gasteiger partial charge in [-0.05, 0) is 18.6 Å². The van der Waals surface area contributed by atoms with Gasteiger partial charge in [-0.15, -0.1) is 0 Å². The lowest BCUT2D eigenvalue weighted by Crippen LogP contribution is -2.48. The van der Waals surface area contributed by atoms with Crippen LogP contribution in [0.5, 0.6) is 0 Å². The molecule has 1 unspecified atom stereocenters. The number of anilines is 1. The zero-order valence-electron chi connectivity index (χ0n) is 14.6. The highest BCUT2D eigenvalue weighted by Gasteiger charge is 2.18. The van der Waals surface area contributed by atoms with Crippen LogP contribution in [0.2, 0.25) is 0 Å². The number of hydrogen-bond acceptors (Lipinski definition) is 4. The quantitative estimate of drug-likeness (QED) is 0.773. The fourth-order valence-corrected chi connectivity index (χ4v) is 2.63. The maximum absolute atomic E-state index is 11.8. The van der Waals surface area contributed by atoms with Crippen molar-refractivity contribution in [3.05, 3.63) is 30.3 Å². The first-order chi connectivity index (χ1) is 11.6. The molecule has 6 heteroatoms. The summed E-state index contributed by atoms with van der Waals surface area (Å²) in [5.74, 6) is -0.365. The van der Waals surface area contributed by atoms with E-state index in [1.807, 2.05) is 19.9 Å². The minimum Gasteiger partial charge on any atom is -0.369 e. The monoisotopic (exact) mass is 332 g/mol. The highest BCUT2D eigenvalue weighted by atomic mass is 16.2. The first-order valence-electron chi connectivity index (χ1n) is 8.71. The van der Waals surface area contributed by atoms with Crippen molar-refractivity contribution < 1.29 is 9.59 Å². The van der Waals surface area contributed by atoms with E-state index in [0.717, 1.165) is 32.6 Å². The molecule has 0 spiro atoms. The van der Waals surface area contributed by atoms with E-state index in [4.69, 9.17) is 0 Å². The number of carbonyl (C=O) groups is 2. The van der Waals surface area contributed by atoms with Crippen LogP contribution < -0.4 is 15.8 Å². The lowest BCUT2D eigenvalue weighted by atomic mass is 10.1. The van der Waals surface area contributed by atoms with Crippen molar-refractivity contribution in [2.75, 3.05) is 37.6 Å². The number of piperazine rings is 1. The van der Waals surface area contributed by atoms with Crippen LogP contribution in [0.1, 0.15) is 26.7 Å². The van der Waals surface area contributed by atoms with Crippen LogP contribution in [0, 0.1) is 5.92 Å². The van der Waals surface area contributed by atoms with Gasteiger partial charge in [0.25, 0.3) is 0 Å². The molecule has 1 heterocycles. The molecule has 2 amide bonds. The van der Waals surface area contributed by atoms with E-state index < -0.39 is 0 Å². The van der Waals surface area contributed by atoms with E-state index in [-0.39, 0.29) is 17.7 Å². The predicted molar refractivity (Wildman–Crippen MR) is 95.5 cm³/mol. The van der Waals surface area contributed by atoms with Crippen molar-refractivity contribution in [2.45, 2.75) is 26.7 Å². The molecule has 24 heavy (non-hydrogen) atoms. The number of hydrazine groups is 1. The Morgan fingerprint density at radius 3 is 2.38 bits per heavy atom. The highest BCUT2D eigenvalue weighted by Crippen LogP contribution is 2.15. The summed E-state index contributed by atoms with van der Waals surface area (Å²) in [4.78, 5) is 28.1. The van der Waals surface area contributed by atoms with Crippen molar-refractivity contribution in [1.29, 1.82) is 0 Å². The number of para-hydroxylation sites is 1. The average Bonchev–Trinajstić information content (AvgIpc) is 2.64. The standard InChI is InChI=1S/C18H28N4O2/c1-3-15(2)18(24)20-19-17(23)9-10-21-11-13-22(14-12-21)16-7-5-4-6-8-16/h4-8,15H,3,9-14H2,1-2H3,(H,19,23)(H,20,24). The summed E-state index contributed by atoms with van der Waals surface area (Å²) in [6, 6.07) is 10.4. The summed E-state index contributed by atoms with van der Waals surface area (Å²) in [6.07, 6.45) is 1.15. The Bertz CT molecular complexity index is 527. The summed E-state index contributed by atoms with van der Waals surface area (Å²) in [7, 11) is 0. The van der Waals surface area contributed by atoms with E-state index in [1.54, 1.807) is 0 Å². The molecule has 0 bridgehead atoms. The normalized spacial score (nSPS) is 16.5. The molecule has 132 valence electrons. The number of nitrogens with one attached hydrogen (secondary N) is 2. The van der Waals surface area contributed by atoms with Crippen molar-refractivity contribution in [3.63, 3.8) is 0 Å². The van der Waals surface area contributed by atoms with Gasteiger partial charge in [-0.3, -0.25) is 25.3 Å². The topological polar surface area (TPSA) is 64.7 Å². The molecule has 1 saturated heterocycles. The third kappa shape index (κ3) is 5.53. The Morgan fingerprint density at radius 2 is 1.75 bits per heavy atom. The summed E-state index contributed by atoms with van der Waals surface area (Å²) in [5.41, 5.74) is 6.23. The number of carbonyl (C=O) groups excluding carboxylic acids is 2. The van der Waals surface area contributed by atoms with Gasteiger partial charge in [0.15, 0.2) is 0 Å². The fourth-order valence-electron chi connectivity index (χ4n) is 2.63. The highest BCUT2D eigenvalue weighted by molar-refractivity contribution is 5.83. The summed E-state index contributed by atoms with van der Waals surface area (Å²) in [6.45, 7) is 8.33. The van der Waals surface area contributed by atoms with Gasteiger partial charge < -0.3 is 4.90 Å². The zero-order chi connectivity index (χ0) is 17.4. The first kappa shape index (κ1) is 18.3. The number of amides is 2. The van der Waals surface area contributed by atoms with Crippen LogP contribution in [-0.4, -0.2) is 49.4 Å². The molecule has 2 N–H and O–H groups in total. The van der Waals surface area contributed by atoms with E-state index in [1.165, 1.54) is 5.69 Å². The number of rotatable bonds is 6. The van der Waals surface area contributed by atoms with Crippen molar-refractivity contribution in [1.82, 2.24) is 15.8 Å². The smallest absolute Gasteiger partial charge is 0.241 e. The van der Waals surface area contributed by atoms with Crippen molar-refractivity contribution >= 4 is 17.5 Å². The van der Waals surface area contributed by atoms with Crippen LogP contribution >= 0.6 is 0 Å². The average molecular weight is 332 g/mol. The van der Waals surface area contributed by atoms with Crippen LogP contribution in [-0.2, 0) is 9.59 Å². The molecular weight excluding hydrogens is 304 g/mol. The van der Waals surface area contributed by atoms with Crippen LogP contribution in [0.4, 0.5) is 5.69 Å². The Morgan fingerprint density at radius 1 is 1.08 bits per heavy atom. The summed E-state index contributed by atoms with van der Waals surface area (Å²) < 4.78 is 0. The van der Waals surface area contributed by atoms with Gasteiger partial charge in [0, 0.05) is 50.7 Å². The maximum atomic E-state index is 11.8. The second kappa shape index (κ2) is 9.27. The number of benzene rings is 1. The molecule has 0 aromatic heterocycles. The number of hydrogen-bond donors (Lipinski definition) is 2. The second-order valence-corrected chi connectivity index (χ2v) is 6.26. The molecule has 1 aliphatic heterocycles. The molecule has 0 saturated carbocycles. The van der Waals surface area contributed by atoms with E-state index in [2.05, 4.69) is 44.9 Å². The summed E-state index contributed by atoms with van der Waals surface area (Å²) >= 11 is 0. The van der Waals surface area contributed by atoms with Gasteiger partial charge in [-0.2, -0.15) is 0 Å². The van der Waals surface area contributed by atoms with Gasteiger partial charge in [0.2, 0.25) is 11.8 Å². The largest absolute Gasteiger partial charge is 0.369 e. The molecule has 1 aromatic rings. The van der Waals surface area contributed by atoms with E-state index in [9.17, 15) is 9.59 Å². The minimum absolute atomic E-state index is 0.0867. The lowest BCUT2D eigenvalue weighted by Gasteiger charge is -2.36. The van der Waals surface area contributed by atoms with E-state index >= 15 is 0 Å².